The van der Waals surface area contributed by atoms with Gasteiger partial charge in [-0.25, -0.2) is 9.13 Å². The molecule has 10 nitrogen and oxygen atoms in total. The van der Waals surface area contributed by atoms with E-state index in [2.05, 4.69) is 9.05 Å². The summed E-state index contributed by atoms with van der Waals surface area (Å²) in [7, 11) is -9.84. The average Bonchev–Trinajstić information content (AvgIpc) is 2.55. The number of phosphoric acid groups is 2. The fourth-order valence-corrected chi connectivity index (χ4v) is 2.26. The van der Waals surface area contributed by atoms with E-state index in [9.17, 15) is 14.2 Å². The van der Waals surface area contributed by atoms with Crippen molar-refractivity contribution in [2.75, 3.05) is 0 Å². The SMILES string of the molecule is O=P(O)(O)Oc1cc(OP(=O)(O)O)c2c(O)coc2c1. The summed E-state index contributed by atoms with van der Waals surface area (Å²) >= 11 is 0. The summed E-state index contributed by atoms with van der Waals surface area (Å²) in [6.45, 7) is 0. The van der Waals surface area contributed by atoms with E-state index in [0.717, 1.165) is 18.4 Å². The third-order valence-electron chi connectivity index (χ3n) is 2.03. The van der Waals surface area contributed by atoms with Crippen LogP contribution in [0.5, 0.6) is 17.2 Å². The predicted molar refractivity (Wildman–Crippen MR) is 63.2 cm³/mol. The lowest BCUT2D eigenvalue weighted by atomic mass is 10.2. The molecule has 2 rings (SSSR count). The van der Waals surface area contributed by atoms with Crippen LogP contribution in [-0.2, 0) is 9.13 Å². The first-order valence-electron chi connectivity index (χ1n) is 4.80. The van der Waals surface area contributed by atoms with E-state index < -0.39 is 32.9 Å². The van der Waals surface area contributed by atoms with Crippen LogP contribution < -0.4 is 9.05 Å². The van der Waals surface area contributed by atoms with Crippen molar-refractivity contribution in [3.8, 4) is 17.2 Å². The molecule has 1 aromatic carbocycles. The zero-order valence-electron chi connectivity index (χ0n) is 9.40. The van der Waals surface area contributed by atoms with Gasteiger partial charge in [0.25, 0.3) is 0 Å². The lowest BCUT2D eigenvalue weighted by molar-refractivity contribution is 0.281. The minimum atomic E-state index is -4.96. The van der Waals surface area contributed by atoms with Gasteiger partial charge in [-0.15, -0.1) is 0 Å². The number of benzene rings is 1. The van der Waals surface area contributed by atoms with Crippen LogP contribution in [0.3, 0.4) is 0 Å². The van der Waals surface area contributed by atoms with Crippen molar-refractivity contribution in [3.63, 3.8) is 0 Å². The summed E-state index contributed by atoms with van der Waals surface area (Å²) in [5.41, 5.74) is -0.142. The maximum atomic E-state index is 10.8. The van der Waals surface area contributed by atoms with Crippen LogP contribution in [0.4, 0.5) is 0 Å². The van der Waals surface area contributed by atoms with Crippen LogP contribution in [0, 0.1) is 0 Å². The molecule has 0 saturated carbocycles. The maximum absolute atomic E-state index is 10.8. The van der Waals surface area contributed by atoms with E-state index in [1.807, 2.05) is 0 Å². The fourth-order valence-electron chi connectivity index (χ4n) is 1.48. The smallest absolute Gasteiger partial charge is 0.504 e. The lowest BCUT2D eigenvalue weighted by Crippen LogP contribution is -1.94. The monoisotopic (exact) mass is 326 g/mol. The van der Waals surface area contributed by atoms with Gasteiger partial charge in [0.2, 0.25) is 0 Å². The largest absolute Gasteiger partial charge is 0.524 e. The van der Waals surface area contributed by atoms with Gasteiger partial charge in [-0.2, -0.15) is 0 Å². The van der Waals surface area contributed by atoms with E-state index in [4.69, 9.17) is 24.0 Å². The molecule has 0 aliphatic carbocycles. The standard InChI is InChI=1S/C8H8O10P2/c9-5-3-16-6-1-4(17-19(10,11)12)2-7(8(5)6)18-20(13,14)15/h1-3,9H,(H2,10,11,12)(H2,13,14,15). The molecule has 1 aromatic heterocycles. The van der Waals surface area contributed by atoms with Crippen LogP contribution in [-0.4, -0.2) is 24.7 Å². The van der Waals surface area contributed by atoms with Crippen LogP contribution in [0.2, 0.25) is 0 Å². The maximum Gasteiger partial charge on any atom is 0.524 e. The van der Waals surface area contributed by atoms with Crippen molar-refractivity contribution in [1.29, 1.82) is 0 Å². The lowest BCUT2D eigenvalue weighted by Gasteiger charge is -2.11. The number of aromatic hydroxyl groups is 1. The van der Waals surface area contributed by atoms with E-state index in [1.54, 1.807) is 0 Å². The van der Waals surface area contributed by atoms with Crippen LogP contribution in [0.15, 0.2) is 22.8 Å². The summed E-state index contributed by atoms with van der Waals surface area (Å²) in [5, 5.41) is 9.32. The first-order valence-corrected chi connectivity index (χ1v) is 7.86. The molecule has 5 N–H and O–H groups in total. The van der Waals surface area contributed by atoms with E-state index in [-0.39, 0.29) is 11.0 Å². The first kappa shape index (κ1) is 14.9. The zero-order valence-corrected chi connectivity index (χ0v) is 11.2. The number of fused-ring (bicyclic) bond motifs is 1. The Labute approximate surface area is 110 Å². The number of furan rings is 1. The highest BCUT2D eigenvalue weighted by Crippen LogP contribution is 2.47. The van der Waals surface area contributed by atoms with Crippen LogP contribution >= 0.6 is 15.6 Å². The predicted octanol–water partition coefficient (Wildman–Crippen LogP) is 1.08. The second kappa shape index (κ2) is 4.78. The number of hydrogen-bond donors (Lipinski definition) is 5. The molecule has 0 fully saturated rings. The van der Waals surface area contributed by atoms with Crippen molar-refractivity contribution in [1.82, 2.24) is 0 Å². The Morgan fingerprint density at radius 3 is 2.15 bits per heavy atom. The topological polar surface area (TPSA) is 167 Å². The van der Waals surface area contributed by atoms with E-state index in [1.165, 1.54) is 0 Å². The minimum absolute atomic E-state index is 0.142. The van der Waals surface area contributed by atoms with Gasteiger partial charge >= 0.3 is 15.6 Å². The fraction of sp³-hybridized carbons (Fsp3) is 0. The van der Waals surface area contributed by atoms with Crippen molar-refractivity contribution >= 4 is 26.6 Å². The molecule has 20 heavy (non-hydrogen) atoms. The molecule has 0 amide bonds. The van der Waals surface area contributed by atoms with Gasteiger partial charge in [0.05, 0.1) is 0 Å². The molecule has 0 unspecified atom stereocenters. The Balaban J connectivity index is 2.59. The molecule has 0 bridgehead atoms. The Morgan fingerprint density at radius 1 is 1.00 bits per heavy atom. The molecule has 110 valence electrons. The number of hydrogen-bond acceptors (Lipinski definition) is 6. The third-order valence-corrected chi connectivity index (χ3v) is 2.92. The molecule has 1 heterocycles. The highest BCUT2D eigenvalue weighted by Gasteiger charge is 2.24. The molecule has 0 atom stereocenters. The molecule has 0 radical (unpaired) electrons. The quantitative estimate of drug-likeness (QED) is 0.513. The summed E-state index contributed by atoms with van der Waals surface area (Å²) < 4.78 is 35.0. The van der Waals surface area contributed by atoms with Crippen molar-refractivity contribution < 1.29 is 47.3 Å². The zero-order chi connectivity index (χ0) is 15.1. The van der Waals surface area contributed by atoms with Gasteiger partial charge in [0.15, 0.2) is 5.75 Å². The van der Waals surface area contributed by atoms with Gasteiger partial charge in [0, 0.05) is 12.1 Å². The van der Waals surface area contributed by atoms with Gasteiger partial charge in [-0.3, -0.25) is 19.6 Å². The van der Waals surface area contributed by atoms with E-state index in [0.29, 0.717) is 0 Å². The number of rotatable bonds is 4. The van der Waals surface area contributed by atoms with Gasteiger partial charge in [-0.05, 0) is 0 Å². The normalized spacial score (nSPS) is 12.6. The van der Waals surface area contributed by atoms with Gasteiger partial charge in [-0.1, -0.05) is 0 Å². The third kappa shape index (κ3) is 3.51. The minimum Gasteiger partial charge on any atom is -0.504 e. The summed E-state index contributed by atoms with van der Waals surface area (Å²) in [6, 6.07) is 1.82. The highest BCUT2D eigenvalue weighted by atomic mass is 31.2. The highest BCUT2D eigenvalue weighted by molar-refractivity contribution is 7.47. The van der Waals surface area contributed by atoms with Crippen molar-refractivity contribution in [2.45, 2.75) is 0 Å². The molecule has 0 aliphatic heterocycles. The molecular formula is C8H8O10P2. The molecule has 0 aliphatic rings. The molecule has 2 aromatic rings. The van der Waals surface area contributed by atoms with Crippen molar-refractivity contribution in [3.05, 3.63) is 18.4 Å². The Kier molecular flexibility index (Phi) is 3.55. The van der Waals surface area contributed by atoms with Crippen molar-refractivity contribution in [2.24, 2.45) is 0 Å². The van der Waals surface area contributed by atoms with E-state index >= 15 is 0 Å². The Morgan fingerprint density at radius 2 is 1.60 bits per heavy atom. The van der Waals surface area contributed by atoms with Gasteiger partial charge < -0.3 is 18.6 Å². The second-order valence-electron chi connectivity index (χ2n) is 3.58. The first-order chi connectivity index (χ1) is 9.05. The molecule has 12 heteroatoms. The molecular weight excluding hydrogens is 318 g/mol. The van der Waals surface area contributed by atoms with Crippen LogP contribution in [0.1, 0.15) is 0 Å². The summed E-state index contributed by atoms with van der Waals surface area (Å²) in [4.78, 5) is 34.9. The van der Waals surface area contributed by atoms with Crippen LogP contribution in [0.25, 0.3) is 11.0 Å². The summed E-state index contributed by atoms with van der Waals surface area (Å²) in [5.74, 6) is -1.47. The summed E-state index contributed by atoms with van der Waals surface area (Å²) in [6.07, 6.45) is 0.860. The second-order valence-corrected chi connectivity index (χ2v) is 5.91. The molecule has 0 spiro atoms. The number of phosphoric ester groups is 2. The Bertz CT molecular complexity index is 737. The molecule has 0 saturated heterocycles. The average molecular weight is 326 g/mol. The van der Waals surface area contributed by atoms with Gasteiger partial charge in [0.1, 0.15) is 28.7 Å². The Hall–Kier alpha value is -1.54.